The van der Waals surface area contributed by atoms with E-state index in [1.54, 1.807) is 0 Å². The van der Waals surface area contributed by atoms with Crippen LogP contribution in [0.1, 0.15) is 0 Å². The fraction of sp³-hybridized carbons (Fsp3) is 0. The minimum atomic E-state index is 1.06. The molecule has 2 heteroatoms. The highest BCUT2D eigenvalue weighted by Crippen LogP contribution is 2.47. The van der Waals surface area contributed by atoms with Gasteiger partial charge in [-0.25, -0.2) is 0 Å². The Morgan fingerprint density at radius 2 is 0.792 bits per heavy atom. The van der Waals surface area contributed by atoms with E-state index in [-0.39, 0.29) is 0 Å². The summed E-state index contributed by atoms with van der Waals surface area (Å²) in [6.45, 7) is 0. The molecular weight excluding hydrogens is 869 g/mol. The molecule has 1 aromatic heterocycles. The second kappa shape index (κ2) is 18.4. The van der Waals surface area contributed by atoms with Crippen molar-refractivity contribution in [3.8, 4) is 72.4 Å². The molecule has 0 aliphatic heterocycles. The van der Waals surface area contributed by atoms with Gasteiger partial charge in [0, 0.05) is 39.0 Å². The third kappa shape index (κ3) is 7.63. The molecule has 338 valence electrons. The van der Waals surface area contributed by atoms with Crippen LogP contribution in [0.2, 0.25) is 0 Å². The number of fused-ring (bicyclic) bond motifs is 4. The summed E-state index contributed by atoms with van der Waals surface area (Å²) in [7, 11) is 0. The molecular formula is C70H48N2. The maximum Gasteiger partial charge on any atom is 0.0619 e. The predicted molar refractivity (Wildman–Crippen MR) is 306 cm³/mol. The van der Waals surface area contributed by atoms with Crippen molar-refractivity contribution >= 4 is 49.6 Å². The van der Waals surface area contributed by atoms with E-state index in [1.807, 2.05) is 0 Å². The minimum Gasteiger partial charge on any atom is -0.310 e. The third-order valence-electron chi connectivity index (χ3n) is 14.2. The van der Waals surface area contributed by atoms with Gasteiger partial charge in [0.2, 0.25) is 0 Å². The summed E-state index contributed by atoms with van der Waals surface area (Å²) in [5, 5.41) is 4.90. The lowest BCUT2D eigenvalue weighted by Gasteiger charge is -2.29. The molecule has 12 aromatic carbocycles. The molecule has 72 heavy (non-hydrogen) atoms. The summed E-state index contributed by atoms with van der Waals surface area (Å²) in [5.74, 6) is 0. The first-order valence-electron chi connectivity index (χ1n) is 24.8. The Morgan fingerprint density at radius 1 is 0.264 bits per heavy atom. The molecule has 0 N–H and O–H groups in total. The van der Waals surface area contributed by atoms with Gasteiger partial charge in [0.25, 0.3) is 0 Å². The van der Waals surface area contributed by atoms with E-state index in [1.165, 1.54) is 82.6 Å². The van der Waals surface area contributed by atoms with Crippen molar-refractivity contribution < 1.29 is 0 Å². The fourth-order valence-corrected chi connectivity index (χ4v) is 10.9. The van der Waals surface area contributed by atoms with Crippen LogP contribution >= 0.6 is 0 Å². The van der Waals surface area contributed by atoms with Crippen LogP contribution in [0.4, 0.5) is 17.1 Å². The first-order valence-corrected chi connectivity index (χ1v) is 24.8. The van der Waals surface area contributed by atoms with Crippen LogP contribution < -0.4 is 4.90 Å². The van der Waals surface area contributed by atoms with Crippen molar-refractivity contribution in [1.29, 1.82) is 0 Å². The summed E-state index contributed by atoms with van der Waals surface area (Å²) in [6, 6.07) is 106. The number of nitrogens with zero attached hydrogens (tertiary/aromatic N) is 2. The average molecular weight is 917 g/mol. The molecule has 0 fully saturated rings. The third-order valence-corrected chi connectivity index (χ3v) is 14.2. The monoisotopic (exact) mass is 916 g/mol. The largest absolute Gasteiger partial charge is 0.310 e. The summed E-state index contributed by atoms with van der Waals surface area (Å²) >= 11 is 0. The fourth-order valence-electron chi connectivity index (χ4n) is 10.9. The van der Waals surface area contributed by atoms with Gasteiger partial charge in [0.05, 0.1) is 16.7 Å². The summed E-state index contributed by atoms with van der Waals surface area (Å²) in [6.07, 6.45) is 0. The molecule has 13 aromatic rings. The lowest BCUT2D eigenvalue weighted by atomic mass is 9.90. The van der Waals surface area contributed by atoms with Crippen molar-refractivity contribution in [1.82, 2.24) is 4.57 Å². The molecule has 1 heterocycles. The van der Waals surface area contributed by atoms with Crippen LogP contribution in [0.25, 0.3) is 105 Å². The lowest BCUT2D eigenvalue weighted by Crippen LogP contribution is -2.11. The Labute approximate surface area is 420 Å². The van der Waals surface area contributed by atoms with Gasteiger partial charge in [-0.15, -0.1) is 0 Å². The number of anilines is 3. The zero-order valence-corrected chi connectivity index (χ0v) is 39.6. The van der Waals surface area contributed by atoms with Crippen molar-refractivity contribution in [2.75, 3.05) is 4.90 Å². The maximum atomic E-state index is 2.45. The summed E-state index contributed by atoms with van der Waals surface area (Å²) < 4.78 is 2.43. The molecule has 0 atom stereocenters. The predicted octanol–water partition coefficient (Wildman–Crippen LogP) is 19.4. The summed E-state index contributed by atoms with van der Waals surface area (Å²) in [4.78, 5) is 2.45. The van der Waals surface area contributed by atoms with E-state index in [2.05, 4.69) is 301 Å². The van der Waals surface area contributed by atoms with E-state index in [4.69, 9.17) is 0 Å². The lowest BCUT2D eigenvalue weighted by molar-refractivity contribution is 1.18. The Hall–Kier alpha value is -9.50. The van der Waals surface area contributed by atoms with Crippen LogP contribution in [0, 0.1) is 0 Å². The zero-order valence-electron chi connectivity index (χ0n) is 39.6. The average Bonchev–Trinajstić information content (AvgIpc) is 3.81. The second-order valence-corrected chi connectivity index (χ2v) is 18.4. The van der Waals surface area contributed by atoms with E-state index >= 15 is 0 Å². The van der Waals surface area contributed by atoms with Gasteiger partial charge in [-0.05, 0) is 121 Å². The van der Waals surface area contributed by atoms with Gasteiger partial charge in [-0.3, -0.25) is 0 Å². The molecule has 0 saturated carbocycles. The number of rotatable bonds is 10. The smallest absolute Gasteiger partial charge is 0.0619 e. The zero-order chi connectivity index (χ0) is 47.8. The highest BCUT2D eigenvalue weighted by atomic mass is 15.1. The molecule has 0 aliphatic carbocycles. The van der Waals surface area contributed by atoms with Gasteiger partial charge in [-0.2, -0.15) is 0 Å². The molecule has 0 saturated heterocycles. The highest BCUT2D eigenvalue weighted by Gasteiger charge is 2.22. The van der Waals surface area contributed by atoms with Crippen molar-refractivity contribution in [2.24, 2.45) is 0 Å². The standard InChI is InChI=1S/C70H48N2/c1-5-21-50(22-6-1)59-46-43-54(48-66(59)52-25-9-3-10-26-52)49-41-44-57(45-42-49)71(67-39-15-13-33-62(67)64-37-19-28-53-27-18-35-60(69(53)64)51-23-7-2-8-24-51)58-32-17-29-55(47-58)61-36-20-38-65-63-34-14-16-40-68(63)72(70(61)65)56-30-11-4-12-31-56/h1-48H. The molecule has 0 aliphatic rings. The molecule has 13 rings (SSSR count). The molecule has 0 bridgehead atoms. The van der Waals surface area contributed by atoms with Crippen LogP contribution in [-0.4, -0.2) is 4.57 Å². The molecule has 0 unspecified atom stereocenters. The van der Waals surface area contributed by atoms with Crippen molar-refractivity contribution in [3.63, 3.8) is 0 Å². The van der Waals surface area contributed by atoms with Crippen LogP contribution in [0.5, 0.6) is 0 Å². The Bertz CT molecular complexity index is 4060. The quantitative estimate of drug-likeness (QED) is 0.133. The number of aromatic nitrogens is 1. The van der Waals surface area contributed by atoms with E-state index in [0.717, 1.165) is 39.4 Å². The number of hydrogen-bond acceptors (Lipinski definition) is 1. The van der Waals surface area contributed by atoms with Gasteiger partial charge >= 0.3 is 0 Å². The normalized spacial score (nSPS) is 11.3. The number of para-hydroxylation sites is 4. The number of benzene rings is 12. The molecule has 0 amide bonds. The maximum absolute atomic E-state index is 2.45. The van der Waals surface area contributed by atoms with Gasteiger partial charge in [-0.1, -0.05) is 237 Å². The molecule has 2 nitrogen and oxygen atoms in total. The van der Waals surface area contributed by atoms with Gasteiger partial charge in [0.15, 0.2) is 0 Å². The SMILES string of the molecule is c1ccc(-c2ccc(-c3ccc(N(c4cccc(-c5cccc6c7ccccc7n(-c7ccccc7)c56)c4)c4ccccc4-c4cccc5cccc(-c6ccccc6)c45)cc3)cc2-c2ccccc2)cc1. The van der Waals surface area contributed by atoms with Crippen LogP contribution in [0.15, 0.2) is 291 Å². The first-order chi connectivity index (χ1) is 35.7. The topological polar surface area (TPSA) is 8.17 Å². The highest BCUT2D eigenvalue weighted by molar-refractivity contribution is 6.14. The van der Waals surface area contributed by atoms with E-state index < -0.39 is 0 Å². The van der Waals surface area contributed by atoms with Crippen molar-refractivity contribution in [2.45, 2.75) is 0 Å². The minimum absolute atomic E-state index is 1.06. The van der Waals surface area contributed by atoms with Crippen LogP contribution in [-0.2, 0) is 0 Å². The first kappa shape index (κ1) is 42.6. The number of hydrogen-bond donors (Lipinski definition) is 0. The second-order valence-electron chi connectivity index (χ2n) is 18.4. The van der Waals surface area contributed by atoms with Crippen molar-refractivity contribution in [3.05, 3.63) is 291 Å². The summed E-state index contributed by atoms with van der Waals surface area (Å²) in [5.41, 5.74) is 20.9. The Morgan fingerprint density at radius 3 is 1.53 bits per heavy atom. The van der Waals surface area contributed by atoms with Gasteiger partial charge in [0.1, 0.15) is 0 Å². The van der Waals surface area contributed by atoms with Crippen LogP contribution in [0.3, 0.4) is 0 Å². The Kier molecular flexibility index (Phi) is 10.9. The molecule has 0 spiro atoms. The van der Waals surface area contributed by atoms with Gasteiger partial charge < -0.3 is 9.47 Å². The van der Waals surface area contributed by atoms with E-state index in [9.17, 15) is 0 Å². The van der Waals surface area contributed by atoms with E-state index in [0.29, 0.717) is 0 Å². The molecule has 0 radical (unpaired) electrons. The Balaban J connectivity index is 1.00.